The van der Waals surface area contributed by atoms with E-state index in [4.69, 9.17) is 4.42 Å². The predicted molar refractivity (Wildman–Crippen MR) is 77.0 cm³/mol. The van der Waals surface area contributed by atoms with Crippen LogP contribution >= 0.6 is 0 Å². The lowest BCUT2D eigenvalue weighted by atomic mass is 10.1. The summed E-state index contributed by atoms with van der Waals surface area (Å²) in [5.74, 6) is 1.96. The fourth-order valence-corrected chi connectivity index (χ4v) is 2.52. The fourth-order valence-electron chi connectivity index (χ4n) is 2.52. The van der Waals surface area contributed by atoms with Gasteiger partial charge in [0.25, 0.3) is 5.91 Å². The van der Waals surface area contributed by atoms with Gasteiger partial charge in [-0.05, 0) is 6.92 Å². The second-order valence-electron chi connectivity index (χ2n) is 5.82. The number of carbonyl (C=O) groups excluding carboxylic acids is 1. The summed E-state index contributed by atoms with van der Waals surface area (Å²) in [6.07, 6.45) is 2.36. The van der Waals surface area contributed by atoms with Crippen LogP contribution in [0.3, 0.4) is 0 Å². The lowest BCUT2D eigenvalue weighted by Gasteiger charge is -2.25. The van der Waals surface area contributed by atoms with E-state index in [1.165, 1.54) is 0 Å². The van der Waals surface area contributed by atoms with Gasteiger partial charge in [-0.3, -0.25) is 9.48 Å². The molecule has 21 heavy (non-hydrogen) atoms. The molecule has 1 aliphatic rings. The average molecular weight is 288 g/mol. The van der Waals surface area contributed by atoms with E-state index >= 15 is 0 Å². The van der Waals surface area contributed by atoms with Crippen molar-refractivity contribution in [3.63, 3.8) is 0 Å². The second kappa shape index (κ2) is 5.02. The van der Waals surface area contributed by atoms with Crippen LogP contribution in [-0.2, 0) is 20.0 Å². The van der Waals surface area contributed by atoms with E-state index in [1.807, 2.05) is 18.9 Å². The Morgan fingerprint density at radius 2 is 2.19 bits per heavy atom. The number of hydrogen-bond donors (Lipinski definition) is 0. The van der Waals surface area contributed by atoms with Gasteiger partial charge < -0.3 is 9.32 Å². The third kappa shape index (κ3) is 2.34. The molecule has 0 fully saturated rings. The molecule has 0 radical (unpaired) electrons. The zero-order chi connectivity index (χ0) is 15.1. The van der Waals surface area contributed by atoms with Gasteiger partial charge in [-0.15, -0.1) is 0 Å². The Bertz CT molecular complexity index is 684. The molecule has 2 aromatic rings. The number of oxazole rings is 1. The van der Waals surface area contributed by atoms with Crippen molar-refractivity contribution in [2.24, 2.45) is 7.05 Å². The van der Waals surface area contributed by atoms with Gasteiger partial charge in [0.2, 0.25) is 0 Å². The summed E-state index contributed by atoms with van der Waals surface area (Å²) in [4.78, 5) is 18.9. The van der Waals surface area contributed by atoms with E-state index in [-0.39, 0.29) is 11.8 Å². The molecule has 0 spiro atoms. The minimum atomic E-state index is 0.0142. The van der Waals surface area contributed by atoms with Crippen molar-refractivity contribution in [2.45, 2.75) is 39.7 Å². The molecular weight excluding hydrogens is 268 g/mol. The summed E-state index contributed by atoms with van der Waals surface area (Å²) >= 11 is 0. The van der Waals surface area contributed by atoms with Crippen molar-refractivity contribution in [1.29, 1.82) is 0 Å². The molecule has 3 rings (SSSR count). The maximum atomic E-state index is 12.6. The second-order valence-corrected chi connectivity index (χ2v) is 5.82. The molecule has 0 N–H and O–H groups in total. The van der Waals surface area contributed by atoms with Gasteiger partial charge in [-0.25, -0.2) is 4.98 Å². The van der Waals surface area contributed by atoms with Gasteiger partial charge >= 0.3 is 0 Å². The van der Waals surface area contributed by atoms with Crippen molar-refractivity contribution in [3.8, 4) is 0 Å². The van der Waals surface area contributed by atoms with E-state index in [0.29, 0.717) is 18.7 Å². The molecule has 0 bridgehead atoms. The minimum absolute atomic E-state index is 0.0142. The summed E-state index contributed by atoms with van der Waals surface area (Å²) in [6.45, 7) is 7.19. The Morgan fingerprint density at radius 1 is 1.43 bits per heavy atom. The molecule has 3 heterocycles. The topological polar surface area (TPSA) is 64.2 Å². The molecule has 0 aromatic carbocycles. The lowest BCUT2D eigenvalue weighted by molar-refractivity contribution is 0.0727. The Hall–Kier alpha value is -2.11. The zero-order valence-corrected chi connectivity index (χ0v) is 12.9. The molecule has 0 saturated heterocycles. The van der Waals surface area contributed by atoms with E-state index in [2.05, 4.69) is 23.9 Å². The third-order valence-electron chi connectivity index (χ3n) is 3.99. The monoisotopic (exact) mass is 288 g/mol. The Balaban J connectivity index is 1.82. The van der Waals surface area contributed by atoms with Crippen LogP contribution in [0, 0.1) is 6.92 Å². The molecular formula is C15H20N4O2. The fraction of sp³-hybridized carbons (Fsp3) is 0.533. The van der Waals surface area contributed by atoms with Crippen molar-refractivity contribution < 1.29 is 9.21 Å². The van der Waals surface area contributed by atoms with Gasteiger partial charge in [-0.1, -0.05) is 13.8 Å². The SMILES string of the molecule is Cc1c(C(=O)N2CCc3oc(C(C)C)nc3C2)cnn1C. The first-order valence-corrected chi connectivity index (χ1v) is 7.23. The normalized spacial score (nSPS) is 14.6. The smallest absolute Gasteiger partial charge is 0.257 e. The minimum Gasteiger partial charge on any atom is -0.445 e. The van der Waals surface area contributed by atoms with E-state index in [0.717, 1.165) is 29.5 Å². The Kier molecular flexibility index (Phi) is 3.31. The molecule has 112 valence electrons. The first kappa shape index (κ1) is 13.9. The summed E-state index contributed by atoms with van der Waals surface area (Å²) < 4.78 is 7.48. The first-order chi connectivity index (χ1) is 9.97. The summed E-state index contributed by atoms with van der Waals surface area (Å²) in [6, 6.07) is 0. The van der Waals surface area contributed by atoms with Crippen LogP contribution in [0.15, 0.2) is 10.6 Å². The highest BCUT2D eigenvalue weighted by Crippen LogP contribution is 2.25. The van der Waals surface area contributed by atoms with E-state index in [1.54, 1.807) is 10.9 Å². The van der Waals surface area contributed by atoms with Crippen molar-refractivity contribution in [3.05, 3.63) is 34.8 Å². The number of aryl methyl sites for hydroxylation is 1. The number of carbonyl (C=O) groups is 1. The summed E-state index contributed by atoms with van der Waals surface area (Å²) in [5, 5.41) is 4.14. The Morgan fingerprint density at radius 3 is 2.81 bits per heavy atom. The van der Waals surface area contributed by atoms with Crippen LogP contribution < -0.4 is 0 Å². The molecule has 6 heteroatoms. The number of rotatable bonds is 2. The standard InChI is InChI=1S/C15H20N4O2/c1-9(2)14-17-12-8-19(6-5-13(12)21-14)15(20)11-7-16-18(4)10(11)3/h7,9H,5-6,8H2,1-4H3. The van der Waals surface area contributed by atoms with Gasteiger partial charge in [0, 0.05) is 31.6 Å². The average Bonchev–Trinajstić information content (AvgIpc) is 3.02. The Labute approximate surface area is 123 Å². The van der Waals surface area contributed by atoms with Crippen molar-refractivity contribution >= 4 is 5.91 Å². The first-order valence-electron chi connectivity index (χ1n) is 7.23. The molecule has 6 nitrogen and oxygen atoms in total. The number of nitrogens with zero attached hydrogens (tertiary/aromatic N) is 4. The van der Waals surface area contributed by atoms with Crippen LogP contribution in [-0.4, -0.2) is 32.1 Å². The van der Waals surface area contributed by atoms with E-state index < -0.39 is 0 Å². The molecule has 1 amide bonds. The lowest BCUT2D eigenvalue weighted by Crippen LogP contribution is -2.36. The highest BCUT2D eigenvalue weighted by molar-refractivity contribution is 5.95. The highest BCUT2D eigenvalue weighted by atomic mass is 16.4. The van der Waals surface area contributed by atoms with Gasteiger partial charge in [-0.2, -0.15) is 5.10 Å². The zero-order valence-electron chi connectivity index (χ0n) is 12.9. The molecule has 0 atom stereocenters. The molecule has 0 saturated carbocycles. The van der Waals surface area contributed by atoms with Crippen molar-refractivity contribution in [2.75, 3.05) is 6.54 Å². The number of amides is 1. The molecule has 0 aliphatic carbocycles. The maximum absolute atomic E-state index is 12.6. The van der Waals surface area contributed by atoms with Crippen LogP contribution in [0.4, 0.5) is 0 Å². The van der Waals surface area contributed by atoms with Crippen LogP contribution in [0.1, 0.15) is 53.2 Å². The van der Waals surface area contributed by atoms with E-state index in [9.17, 15) is 4.79 Å². The molecule has 0 unspecified atom stereocenters. The third-order valence-corrected chi connectivity index (χ3v) is 3.99. The van der Waals surface area contributed by atoms with Gasteiger partial charge in [0.1, 0.15) is 11.5 Å². The predicted octanol–water partition coefficient (Wildman–Crippen LogP) is 2.04. The number of fused-ring (bicyclic) bond motifs is 1. The quantitative estimate of drug-likeness (QED) is 0.848. The van der Waals surface area contributed by atoms with Crippen LogP contribution in [0.5, 0.6) is 0 Å². The van der Waals surface area contributed by atoms with Crippen LogP contribution in [0.2, 0.25) is 0 Å². The van der Waals surface area contributed by atoms with Crippen LogP contribution in [0.25, 0.3) is 0 Å². The maximum Gasteiger partial charge on any atom is 0.257 e. The van der Waals surface area contributed by atoms with Gasteiger partial charge in [0.05, 0.1) is 18.3 Å². The summed E-state index contributed by atoms with van der Waals surface area (Å²) in [5.41, 5.74) is 2.43. The largest absolute Gasteiger partial charge is 0.445 e. The molecule has 1 aliphatic heterocycles. The van der Waals surface area contributed by atoms with Gasteiger partial charge in [0.15, 0.2) is 5.89 Å². The number of hydrogen-bond acceptors (Lipinski definition) is 4. The molecule has 2 aromatic heterocycles. The van der Waals surface area contributed by atoms with Crippen molar-refractivity contribution in [1.82, 2.24) is 19.7 Å². The number of aromatic nitrogens is 3. The summed E-state index contributed by atoms with van der Waals surface area (Å²) in [7, 11) is 1.84. The highest BCUT2D eigenvalue weighted by Gasteiger charge is 2.28.